The number of carboxylic acid groups (broad SMARTS) is 1. The predicted molar refractivity (Wildman–Crippen MR) is 64.0 cm³/mol. The van der Waals surface area contributed by atoms with Crippen molar-refractivity contribution in [2.24, 2.45) is 0 Å². The summed E-state index contributed by atoms with van der Waals surface area (Å²) in [4.78, 5) is 14.3. The minimum atomic E-state index is -0.733. The second-order valence-corrected chi connectivity index (χ2v) is 3.73. The van der Waals surface area contributed by atoms with Crippen LogP contribution in [0.25, 0.3) is 0 Å². The third kappa shape index (κ3) is 5.87. The molecular formula is C12H18N2O3. The lowest BCUT2D eigenvalue weighted by molar-refractivity contribution is -0.137. The second kappa shape index (κ2) is 7.62. The van der Waals surface area contributed by atoms with Crippen molar-refractivity contribution < 1.29 is 14.6 Å². The van der Waals surface area contributed by atoms with Crippen molar-refractivity contribution in [1.82, 2.24) is 10.3 Å². The monoisotopic (exact) mass is 238 g/mol. The van der Waals surface area contributed by atoms with Crippen molar-refractivity contribution >= 4 is 5.97 Å². The van der Waals surface area contributed by atoms with Gasteiger partial charge < -0.3 is 15.2 Å². The molecule has 5 heteroatoms. The zero-order valence-corrected chi connectivity index (χ0v) is 9.98. The zero-order valence-electron chi connectivity index (χ0n) is 9.98. The number of aromatic nitrogens is 1. The number of carbonyl (C=O) groups is 1. The lowest BCUT2D eigenvalue weighted by atomic mass is 10.2. The molecule has 1 heterocycles. The molecule has 0 atom stereocenters. The summed E-state index contributed by atoms with van der Waals surface area (Å²) in [5, 5.41) is 11.7. The Bertz CT molecular complexity index is 355. The molecule has 1 rings (SSSR count). The number of aliphatic carboxylic acids is 1. The molecule has 1 aromatic rings. The molecule has 0 spiro atoms. The van der Waals surface area contributed by atoms with Crippen LogP contribution in [0, 0.1) is 0 Å². The number of nitrogens with one attached hydrogen (secondary N) is 1. The normalized spacial score (nSPS) is 10.2. The largest absolute Gasteiger partial charge is 0.481 e. The highest BCUT2D eigenvalue weighted by molar-refractivity contribution is 5.66. The maximum atomic E-state index is 10.3. The van der Waals surface area contributed by atoms with Crippen molar-refractivity contribution in [3.63, 3.8) is 0 Å². The fourth-order valence-electron chi connectivity index (χ4n) is 1.43. The lowest BCUT2D eigenvalue weighted by Gasteiger charge is -2.05. The van der Waals surface area contributed by atoms with Crippen LogP contribution in [0.15, 0.2) is 18.3 Å². The average Bonchev–Trinajstić information content (AvgIpc) is 2.33. The van der Waals surface area contributed by atoms with Gasteiger partial charge >= 0.3 is 5.97 Å². The van der Waals surface area contributed by atoms with Crippen LogP contribution in [0.4, 0.5) is 0 Å². The van der Waals surface area contributed by atoms with Crippen LogP contribution >= 0.6 is 0 Å². The van der Waals surface area contributed by atoms with Crippen LogP contribution in [-0.2, 0) is 11.3 Å². The molecule has 1 aromatic heterocycles. The minimum absolute atomic E-state index is 0.241. The standard InChI is InChI=1S/C12H18N2O3/c1-17-11-8-10(5-7-14-11)9-13-6-3-2-4-12(15)16/h5,7-8,13H,2-4,6,9H2,1H3,(H,15,16). The van der Waals surface area contributed by atoms with Crippen molar-refractivity contribution in [1.29, 1.82) is 0 Å². The summed E-state index contributed by atoms with van der Waals surface area (Å²) in [6.07, 6.45) is 3.53. The Morgan fingerprint density at radius 1 is 1.53 bits per heavy atom. The van der Waals surface area contributed by atoms with E-state index in [1.54, 1.807) is 13.3 Å². The van der Waals surface area contributed by atoms with E-state index in [1.807, 2.05) is 12.1 Å². The molecule has 0 unspecified atom stereocenters. The molecule has 17 heavy (non-hydrogen) atoms. The first-order chi connectivity index (χ1) is 8.22. The first kappa shape index (κ1) is 13.4. The predicted octanol–water partition coefficient (Wildman–Crippen LogP) is 1.43. The molecule has 0 aliphatic carbocycles. The van der Waals surface area contributed by atoms with Gasteiger partial charge in [-0.25, -0.2) is 4.98 Å². The van der Waals surface area contributed by atoms with Crippen LogP contribution in [0.2, 0.25) is 0 Å². The van der Waals surface area contributed by atoms with Gasteiger partial charge in [0.25, 0.3) is 0 Å². The highest BCUT2D eigenvalue weighted by Crippen LogP contribution is 2.07. The number of carboxylic acids is 1. The van der Waals surface area contributed by atoms with E-state index in [1.165, 1.54) is 0 Å². The molecule has 0 aromatic carbocycles. The Morgan fingerprint density at radius 2 is 2.35 bits per heavy atom. The summed E-state index contributed by atoms with van der Waals surface area (Å²) in [6.45, 7) is 1.56. The van der Waals surface area contributed by atoms with Crippen molar-refractivity contribution in [2.45, 2.75) is 25.8 Å². The van der Waals surface area contributed by atoms with Crippen LogP contribution in [0.5, 0.6) is 5.88 Å². The summed E-state index contributed by atoms with van der Waals surface area (Å²) >= 11 is 0. The van der Waals surface area contributed by atoms with Crippen molar-refractivity contribution in [3.05, 3.63) is 23.9 Å². The smallest absolute Gasteiger partial charge is 0.303 e. The molecule has 5 nitrogen and oxygen atoms in total. The van der Waals surface area contributed by atoms with E-state index in [4.69, 9.17) is 9.84 Å². The fourth-order valence-corrected chi connectivity index (χ4v) is 1.43. The summed E-state index contributed by atoms with van der Waals surface area (Å²) in [5.41, 5.74) is 1.11. The number of hydrogen-bond donors (Lipinski definition) is 2. The average molecular weight is 238 g/mol. The minimum Gasteiger partial charge on any atom is -0.481 e. The van der Waals surface area contributed by atoms with Gasteiger partial charge in [-0.1, -0.05) is 0 Å². The number of unbranched alkanes of at least 4 members (excludes halogenated alkanes) is 1. The molecule has 2 N–H and O–H groups in total. The van der Waals surface area contributed by atoms with Gasteiger partial charge in [0.15, 0.2) is 0 Å². The van der Waals surface area contributed by atoms with E-state index in [0.717, 1.165) is 25.1 Å². The van der Waals surface area contributed by atoms with Gasteiger partial charge in [-0.05, 0) is 31.0 Å². The summed E-state index contributed by atoms with van der Waals surface area (Å²) in [7, 11) is 1.59. The Hall–Kier alpha value is -1.62. The first-order valence-corrected chi connectivity index (χ1v) is 5.64. The molecule has 0 amide bonds. The quantitative estimate of drug-likeness (QED) is 0.670. The number of pyridine rings is 1. The Morgan fingerprint density at radius 3 is 3.06 bits per heavy atom. The number of nitrogens with zero attached hydrogens (tertiary/aromatic N) is 1. The van der Waals surface area contributed by atoms with E-state index in [9.17, 15) is 4.79 Å². The van der Waals surface area contributed by atoms with E-state index in [-0.39, 0.29) is 6.42 Å². The van der Waals surface area contributed by atoms with Gasteiger partial charge in [0, 0.05) is 25.2 Å². The van der Waals surface area contributed by atoms with Crippen LogP contribution < -0.4 is 10.1 Å². The van der Waals surface area contributed by atoms with Gasteiger partial charge in [0.05, 0.1) is 7.11 Å². The van der Waals surface area contributed by atoms with E-state index in [0.29, 0.717) is 12.3 Å². The van der Waals surface area contributed by atoms with Crippen molar-refractivity contribution in [2.75, 3.05) is 13.7 Å². The van der Waals surface area contributed by atoms with Crippen molar-refractivity contribution in [3.8, 4) is 5.88 Å². The summed E-state index contributed by atoms with van der Waals surface area (Å²) < 4.78 is 5.02. The number of ether oxygens (including phenoxy) is 1. The van der Waals surface area contributed by atoms with Gasteiger partial charge in [0.2, 0.25) is 5.88 Å². The summed E-state index contributed by atoms with van der Waals surface area (Å²) in [5.74, 6) is -0.126. The zero-order chi connectivity index (χ0) is 12.5. The highest BCUT2D eigenvalue weighted by atomic mass is 16.5. The first-order valence-electron chi connectivity index (χ1n) is 5.64. The van der Waals surface area contributed by atoms with Gasteiger partial charge in [-0.15, -0.1) is 0 Å². The van der Waals surface area contributed by atoms with Crippen LogP contribution in [0.3, 0.4) is 0 Å². The van der Waals surface area contributed by atoms with Crippen LogP contribution in [-0.4, -0.2) is 29.7 Å². The fraction of sp³-hybridized carbons (Fsp3) is 0.500. The molecule has 0 aliphatic heterocycles. The van der Waals surface area contributed by atoms with Gasteiger partial charge in [0.1, 0.15) is 0 Å². The van der Waals surface area contributed by atoms with Crippen LogP contribution in [0.1, 0.15) is 24.8 Å². The molecule has 0 aliphatic rings. The molecule has 0 saturated carbocycles. The van der Waals surface area contributed by atoms with E-state index in [2.05, 4.69) is 10.3 Å². The van der Waals surface area contributed by atoms with E-state index >= 15 is 0 Å². The summed E-state index contributed by atoms with van der Waals surface area (Å²) in [6, 6.07) is 3.80. The molecule has 0 saturated heterocycles. The molecule has 0 radical (unpaired) electrons. The maximum absolute atomic E-state index is 10.3. The SMILES string of the molecule is COc1cc(CNCCCCC(=O)O)ccn1. The molecule has 94 valence electrons. The molecule has 0 bridgehead atoms. The molecule has 0 fully saturated rings. The Kier molecular flexibility index (Phi) is 6.03. The Labute approximate surface area is 101 Å². The number of rotatable bonds is 8. The number of hydrogen-bond acceptors (Lipinski definition) is 4. The third-order valence-corrected chi connectivity index (χ3v) is 2.33. The lowest BCUT2D eigenvalue weighted by Crippen LogP contribution is -2.15. The number of methoxy groups -OCH3 is 1. The van der Waals surface area contributed by atoms with E-state index < -0.39 is 5.97 Å². The Balaban J connectivity index is 2.15. The van der Waals surface area contributed by atoms with Gasteiger partial charge in [-0.3, -0.25) is 4.79 Å². The topological polar surface area (TPSA) is 71.5 Å². The molecular weight excluding hydrogens is 220 g/mol. The third-order valence-electron chi connectivity index (χ3n) is 2.33. The van der Waals surface area contributed by atoms with Gasteiger partial charge in [-0.2, -0.15) is 0 Å². The second-order valence-electron chi connectivity index (χ2n) is 3.73. The highest BCUT2D eigenvalue weighted by Gasteiger charge is 1.98. The maximum Gasteiger partial charge on any atom is 0.303 e.